The van der Waals surface area contributed by atoms with Crippen molar-refractivity contribution in [3.8, 4) is 22.5 Å². The van der Waals surface area contributed by atoms with Crippen molar-refractivity contribution >= 4 is 39.7 Å². The number of rotatable bonds is 12. The quantitative estimate of drug-likeness (QED) is 0.0600. The molecule has 5 heterocycles. The van der Waals surface area contributed by atoms with E-state index >= 15 is 0 Å². The predicted octanol–water partition coefficient (Wildman–Crippen LogP) is 5.70. The maximum absolute atomic E-state index is 14.1. The van der Waals surface area contributed by atoms with Crippen molar-refractivity contribution in [2.45, 2.75) is 77.5 Å². The van der Waals surface area contributed by atoms with Gasteiger partial charge in [0.1, 0.15) is 24.3 Å². The number of likely N-dealkylation sites (tertiary alicyclic amines) is 2. The maximum Gasteiger partial charge on any atom is 0.407 e. The lowest BCUT2D eigenvalue weighted by atomic mass is 10.0. The molecule has 4 unspecified atom stereocenters. The number of hydrogen-bond donors (Lipinski definition) is 5. The zero-order valence-corrected chi connectivity index (χ0v) is 33.5. The zero-order valence-electron chi connectivity index (χ0n) is 33.5. The molecule has 7 rings (SSSR count). The number of aromatic nitrogens is 5. The van der Waals surface area contributed by atoms with E-state index in [1.54, 1.807) is 11.1 Å². The zero-order chi connectivity index (χ0) is 40.4. The number of amides is 2. The van der Waals surface area contributed by atoms with Gasteiger partial charge >= 0.3 is 6.09 Å². The summed E-state index contributed by atoms with van der Waals surface area (Å²) in [4.78, 5) is 68.5. The lowest BCUT2D eigenvalue weighted by Gasteiger charge is -2.30. The van der Waals surface area contributed by atoms with E-state index < -0.39 is 12.1 Å². The van der Waals surface area contributed by atoms with Crippen molar-refractivity contribution < 1.29 is 24.2 Å². The molecule has 2 fully saturated rings. The van der Waals surface area contributed by atoms with Crippen LogP contribution in [0.25, 0.3) is 44.3 Å². The number of nitrogens with zero attached hydrogens (tertiary/aromatic N) is 5. The number of hydrogen-bond acceptors (Lipinski definition) is 10. The molecule has 0 spiro atoms. The summed E-state index contributed by atoms with van der Waals surface area (Å²) >= 11 is 0. The summed E-state index contributed by atoms with van der Waals surface area (Å²) in [6.07, 6.45) is 6.48. The Bertz CT molecular complexity index is 2320. The first-order chi connectivity index (χ1) is 27.5. The number of alkyl carbamates (subject to hydrolysis) is 1. The van der Waals surface area contributed by atoms with Gasteiger partial charge in [0.2, 0.25) is 11.8 Å². The molecule has 0 radical (unpaired) electrons. The highest BCUT2D eigenvalue weighted by Gasteiger charge is 2.37. The Hall–Kier alpha value is -5.54. The Morgan fingerprint density at radius 2 is 1.46 bits per heavy atom. The van der Waals surface area contributed by atoms with Gasteiger partial charge in [0.05, 0.1) is 56.1 Å². The number of carbonyl (C=O) groups excluding carboxylic acids is 2. The fourth-order valence-corrected chi connectivity index (χ4v) is 8.14. The van der Waals surface area contributed by atoms with Gasteiger partial charge in [-0.05, 0) is 68.3 Å². The van der Waals surface area contributed by atoms with E-state index in [1.165, 1.54) is 14.2 Å². The van der Waals surface area contributed by atoms with Crippen LogP contribution in [0.1, 0.15) is 77.1 Å². The molecule has 302 valence electrons. The second-order valence-electron chi connectivity index (χ2n) is 15.7. The molecule has 2 aliphatic rings. The van der Waals surface area contributed by atoms with E-state index in [-0.39, 0.29) is 47.9 Å². The van der Waals surface area contributed by atoms with Crippen molar-refractivity contribution in [2.24, 2.45) is 16.8 Å². The van der Waals surface area contributed by atoms with Crippen molar-refractivity contribution in [3.05, 3.63) is 70.7 Å². The summed E-state index contributed by atoms with van der Waals surface area (Å²) in [6, 6.07) is 10.6. The number of aliphatic imine (C=N–C) groups is 1. The fraction of sp³-hybridized carbons (Fsp3) is 0.476. The van der Waals surface area contributed by atoms with E-state index in [4.69, 9.17) is 19.5 Å². The van der Waals surface area contributed by atoms with Gasteiger partial charge in [-0.2, -0.15) is 0 Å². The van der Waals surface area contributed by atoms with E-state index in [9.17, 15) is 19.5 Å². The van der Waals surface area contributed by atoms with Crippen LogP contribution in [0.5, 0.6) is 0 Å². The van der Waals surface area contributed by atoms with E-state index in [0.29, 0.717) is 29.0 Å². The van der Waals surface area contributed by atoms with Gasteiger partial charge in [-0.15, -0.1) is 0 Å². The first-order valence-electron chi connectivity index (χ1n) is 19.8. The van der Waals surface area contributed by atoms with Crippen molar-refractivity contribution in [3.63, 3.8) is 0 Å². The number of carbonyl (C=O) groups is 2. The summed E-state index contributed by atoms with van der Waals surface area (Å²) in [5.74, 6) is 1.82. The summed E-state index contributed by atoms with van der Waals surface area (Å²) < 4.78 is 10.0. The van der Waals surface area contributed by atoms with Crippen LogP contribution in [-0.2, 0) is 14.3 Å². The minimum Gasteiger partial charge on any atom is -0.483 e. The van der Waals surface area contributed by atoms with Crippen LogP contribution < -0.4 is 10.7 Å². The molecule has 2 aliphatic heterocycles. The van der Waals surface area contributed by atoms with Gasteiger partial charge in [0, 0.05) is 46.0 Å². The number of ether oxygens (including phenoxy) is 2. The topological polar surface area (TPSA) is 194 Å². The molecular weight excluding hydrogens is 727 g/mol. The number of aromatic amines is 3. The molecule has 2 saturated heterocycles. The van der Waals surface area contributed by atoms with Crippen LogP contribution in [0.15, 0.2) is 58.6 Å². The molecule has 2 aromatic carbocycles. The molecule has 57 heavy (non-hydrogen) atoms. The molecule has 0 bridgehead atoms. The van der Waals surface area contributed by atoms with Crippen LogP contribution in [0, 0.1) is 11.8 Å². The molecular formula is C42H53N9O6. The second kappa shape index (κ2) is 16.9. The Kier molecular flexibility index (Phi) is 11.8. The van der Waals surface area contributed by atoms with Gasteiger partial charge in [0.25, 0.3) is 0 Å². The van der Waals surface area contributed by atoms with Crippen LogP contribution in [0.2, 0.25) is 0 Å². The van der Waals surface area contributed by atoms with E-state index in [2.05, 4.69) is 44.0 Å². The second-order valence-corrected chi connectivity index (χ2v) is 15.7. The highest BCUT2D eigenvalue weighted by molar-refractivity contribution is 5.96. The SMILES string of the molecule is COC(=O)NC(C(=O)N1CCCC1c1ncc(-c2ccc3[nH]c4ccc(-c5cnc(C6CCCN6CC(N=C(CO)OC)C(C)C)[nH]5)cc4c(=O)c3c2)[nH]1)C(C)C. The van der Waals surface area contributed by atoms with Crippen LogP contribution in [0.3, 0.4) is 0 Å². The molecule has 3 aromatic heterocycles. The lowest BCUT2D eigenvalue weighted by Crippen LogP contribution is -2.51. The Morgan fingerprint density at radius 3 is 2.02 bits per heavy atom. The summed E-state index contributed by atoms with van der Waals surface area (Å²) in [7, 11) is 2.81. The molecule has 4 atom stereocenters. The van der Waals surface area contributed by atoms with Crippen LogP contribution in [0.4, 0.5) is 4.79 Å². The van der Waals surface area contributed by atoms with Gasteiger partial charge in [-0.3, -0.25) is 14.5 Å². The van der Waals surface area contributed by atoms with Gasteiger partial charge in [-0.25, -0.2) is 19.8 Å². The van der Waals surface area contributed by atoms with Crippen LogP contribution in [-0.4, -0.2) is 110 Å². The standard InChI is InChI=1S/C42H53N9O6/c1-23(2)33(46-36(22-52)56-5)21-50-15-7-9-34(50)39-43-19-31(47-39)25-11-13-29-27(17-25)38(53)28-18-26(12-14-30(28)45-29)32-20-44-40(48-32)35-10-8-16-51(35)41(54)37(24(3)4)49-42(55)57-6/h11-14,17-20,23-24,33-35,37,52H,7-10,15-16,21-22H2,1-6H3,(H,43,47)(H,44,48)(H,45,53)(H,49,55). The van der Waals surface area contributed by atoms with Crippen molar-refractivity contribution in [1.82, 2.24) is 40.0 Å². The van der Waals surface area contributed by atoms with Crippen molar-refractivity contribution in [1.29, 1.82) is 0 Å². The summed E-state index contributed by atoms with van der Waals surface area (Å²) in [5.41, 5.74) is 4.59. The normalized spacial score (nSPS) is 18.9. The Labute approximate surface area is 331 Å². The van der Waals surface area contributed by atoms with E-state index in [1.807, 2.05) is 56.4 Å². The average molecular weight is 780 g/mol. The average Bonchev–Trinajstić information content (AvgIpc) is 4.05. The maximum atomic E-state index is 14.1. The number of aliphatic hydroxyl groups excluding tert-OH is 1. The number of H-pyrrole nitrogens is 3. The number of aliphatic hydroxyl groups is 1. The van der Waals surface area contributed by atoms with Gasteiger partial charge in [-0.1, -0.05) is 39.8 Å². The first-order valence-corrected chi connectivity index (χ1v) is 19.8. The summed E-state index contributed by atoms with van der Waals surface area (Å²) in [5, 5.41) is 13.4. The Morgan fingerprint density at radius 1 is 0.860 bits per heavy atom. The number of imidazole rings is 2. The lowest BCUT2D eigenvalue weighted by molar-refractivity contribution is -0.135. The van der Waals surface area contributed by atoms with Crippen molar-refractivity contribution in [2.75, 3.05) is 40.5 Å². The van der Waals surface area contributed by atoms with Gasteiger partial charge < -0.3 is 39.7 Å². The third kappa shape index (κ3) is 8.17. The third-order valence-electron chi connectivity index (χ3n) is 11.4. The minimum atomic E-state index is -0.722. The van der Waals surface area contributed by atoms with E-state index in [0.717, 1.165) is 78.1 Å². The highest BCUT2D eigenvalue weighted by Crippen LogP contribution is 2.35. The minimum absolute atomic E-state index is 0.0332. The molecule has 5 N–H and O–H groups in total. The molecule has 2 amide bonds. The molecule has 0 saturated carbocycles. The summed E-state index contributed by atoms with van der Waals surface area (Å²) in [6.45, 7) is 10.00. The monoisotopic (exact) mass is 779 g/mol. The number of nitrogens with one attached hydrogen (secondary N) is 4. The van der Waals surface area contributed by atoms with Gasteiger partial charge in [0.15, 0.2) is 5.43 Å². The fourth-order valence-electron chi connectivity index (χ4n) is 8.14. The van der Waals surface area contributed by atoms with Crippen LogP contribution >= 0.6 is 0 Å². The molecule has 15 nitrogen and oxygen atoms in total. The third-order valence-corrected chi connectivity index (χ3v) is 11.4. The molecule has 15 heteroatoms. The highest BCUT2D eigenvalue weighted by atomic mass is 16.5. The number of methoxy groups -OCH3 is 2. The molecule has 0 aliphatic carbocycles. The number of pyridine rings is 1. The largest absolute Gasteiger partial charge is 0.483 e. The number of fused-ring (bicyclic) bond motifs is 2. The first kappa shape index (κ1) is 39.7. The predicted molar refractivity (Wildman–Crippen MR) is 219 cm³/mol. The smallest absolute Gasteiger partial charge is 0.407 e. The number of benzene rings is 2. The Balaban J connectivity index is 1.12. The molecule has 5 aromatic rings.